The van der Waals surface area contributed by atoms with Gasteiger partial charge < -0.3 is 0 Å². The predicted octanol–water partition coefficient (Wildman–Crippen LogP) is 4.05. The van der Waals surface area contributed by atoms with Crippen LogP contribution in [0.5, 0.6) is 0 Å². The summed E-state index contributed by atoms with van der Waals surface area (Å²) in [6.07, 6.45) is 4.69. The first-order valence-electron chi connectivity index (χ1n) is 8.96. The second-order valence-corrected chi connectivity index (χ2v) is 8.58. The van der Waals surface area contributed by atoms with Crippen LogP contribution in [0, 0.1) is 0 Å². The van der Waals surface area contributed by atoms with Crippen molar-refractivity contribution in [2.24, 2.45) is 0 Å². The highest BCUT2D eigenvalue weighted by Crippen LogP contribution is 2.52. The first-order valence-corrected chi connectivity index (χ1v) is 11.5. The Morgan fingerprint density at radius 3 is 1.00 bits per heavy atom. The van der Waals surface area contributed by atoms with E-state index in [1.54, 1.807) is 109 Å². The molecule has 0 amide bonds. The van der Waals surface area contributed by atoms with Crippen LogP contribution < -0.4 is 0 Å². The standard InChI is InChI=1S/C21H15N3O6PS/c25-16-22(19-10-4-1-5-11-19)28-31(32,29-23(17-26)20-12-6-2-7-13-20)30-24(18-27)21-14-8-3-9-15-21/h1-15H/q+3. The average molecular weight is 468 g/mol. The molecule has 0 spiro atoms. The Morgan fingerprint density at radius 1 is 0.531 bits per heavy atom. The largest absolute Gasteiger partial charge is 0.658 e. The molecule has 0 bridgehead atoms. The molecule has 0 radical (unpaired) electrons. The van der Waals surface area contributed by atoms with Gasteiger partial charge in [-0.25, -0.2) is 0 Å². The van der Waals surface area contributed by atoms with Gasteiger partial charge in [-0.2, -0.15) is 14.4 Å². The Bertz CT molecular complexity index is 1120. The molecule has 0 atom stereocenters. The summed E-state index contributed by atoms with van der Waals surface area (Å²) in [5.74, 6) is 0. The van der Waals surface area contributed by atoms with Gasteiger partial charge in [0, 0.05) is 48.2 Å². The summed E-state index contributed by atoms with van der Waals surface area (Å²) in [6.45, 7) is -4.11. The zero-order valence-corrected chi connectivity index (χ0v) is 18.0. The lowest BCUT2D eigenvalue weighted by Crippen LogP contribution is -2.15. The maximum absolute atomic E-state index is 11.6. The van der Waals surface area contributed by atoms with Gasteiger partial charge >= 0.3 is 25.0 Å². The van der Waals surface area contributed by atoms with Crippen molar-refractivity contribution in [1.82, 2.24) is 0 Å². The van der Waals surface area contributed by atoms with E-state index in [0.717, 1.165) is 0 Å². The molecule has 3 aromatic carbocycles. The summed E-state index contributed by atoms with van der Waals surface area (Å²) < 4.78 is 18.6. The zero-order valence-electron chi connectivity index (χ0n) is 16.3. The SMILES string of the molecule is O=C=[N+](OP(=S)(O[N+](=C=O)c1ccccc1)O[N+](=C=O)c1ccccc1)c1ccccc1. The third-order valence-corrected chi connectivity index (χ3v) is 5.46. The molecule has 0 aliphatic heterocycles. The smallest absolute Gasteiger partial charge is 0.155 e. The molecule has 32 heavy (non-hydrogen) atoms. The molecule has 0 heterocycles. The fraction of sp³-hybridized carbons (Fsp3) is 0. The molecule has 0 saturated heterocycles. The van der Waals surface area contributed by atoms with Gasteiger partial charge in [-0.05, 0) is 0 Å². The van der Waals surface area contributed by atoms with Crippen LogP contribution in [-0.2, 0) is 40.1 Å². The number of benzene rings is 3. The predicted molar refractivity (Wildman–Crippen MR) is 114 cm³/mol. The molecule has 0 aliphatic rings. The molecular formula is C21H15N3O6PS+3. The number of hydrogen-bond donors (Lipinski definition) is 0. The summed E-state index contributed by atoms with van der Waals surface area (Å²) in [4.78, 5) is 34.8. The molecule has 0 aliphatic carbocycles. The number of carbonyl (C=O) groups excluding carboxylic acids is 3. The highest BCUT2D eigenvalue weighted by Gasteiger charge is 2.47. The van der Waals surface area contributed by atoms with Gasteiger partial charge in [0.05, 0.1) is 0 Å². The third kappa shape index (κ3) is 5.72. The van der Waals surface area contributed by atoms with E-state index >= 15 is 0 Å². The highest BCUT2D eigenvalue weighted by atomic mass is 32.5. The van der Waals surface area contributed by atoms with Gasteiger partial charge in [0.15, 0.2) is 0 Å². The van der Waals surface area contributed by atoms with Crippen LogP contribution in [0.1, 0.15) is 0 Å². The van der Waals surface area contributed by atoms with Crippen molar-refractivity contribution >= 4 is 53.8 Å². The van der Waals surface area contributed by atoms with E-state index < -0.39 is 6.72 Å². The summed E-state index contributed by atoms with van der Waals surface area (Å²) in [6, 6.07) is 24.4. The van der Waals surface area contributed by atoms with Crippen molar-refractivity contribution in [1.29, 1.82) is 0 Å². The molecule has 3 aromatic rings. The lowest BCUT2D eigenvalue weighted by molar-refractivity contribution is -0.749. The topological polar surface area (TPSA) is 87.9 Å². The van der Waals surface area contributed by atoms with E-state index in [0.29, 0.717) is 14.2 Å². The Morgan fingerprint density at radius 2 is 0.781 bits per heavy atom. The van der Waals surface area contributed by atoms with Crippen molar-refractivity contribution in [3.63, 3.8) is 0 Å². The van der Waals surface area contributed by atoms with E-state index in [-0.39, 0.29) is 17.1 Å². The summed E-state index contributed by atoms with van der Waals surface area (Å²) in [7, 11) is 0. The maximum Gasteiger partial charge on any atom is 0.658 e. The first-order chi connectivity index (χ1) is 15.6. The molecule has 0 saturated carbocycles. The summed E-state index contributed by atoms with van der Waals surface area (Å²) >= 11 is 5.41. The Hall–Kier alpha value is -4.15. The van der Waals surface area contributed by atoms with E-state index in [2.05, 4.69) is 0 Å². The number of para-hydroxylation sites is 3. The van der Waals surface area contributed by atoms with E-state index in [1.807, 2.05) is 0 Å². The molecule has 3 rings (SSSR count). The summed E-state index contributed by atoms with van der Waals surface area (Å²) in [5.41, 5.74) is 0.768. The molecule has 0 unspecified atom stereocenters. The highest BCUT2D eigenvalue weighted by molar-refractivity contribution is 8.07. The summed E-state index contributed by atoms with van der Waals surface area (Å²) in [5, 5.41) is 0. The van der Waals surface area contributed by atoms with Gasteiger partial charge in [-0.15, -0.1) is 13.9 Å². The van der Waals surface area contributed by atoms with Gasteiger partial charge in [0.2, 0.25) is 0 Å². The lowest BCUT2D eigenvalue weighted by Gasteiger charge is -2.08. The lowest BCUT2D eigenvalue weighted by atomic mass is 10.3. The van der Waals surface area contributed by atoms with Crippen molar-refractivity contribution in [3.05, 3.63) is 91.0 Å². The van der Waals surface area contributed by atoms with Gasteiger partial charge in [-0.3, -0.25) is 0 Å². The molecule has 0 fully saturated rings. The number of nitrogens with zero attached hydrogens (tertiary/aromatic N) is 3. The number of rotatable bonds is 9. The van der Waals surface area contributed by atoms with E-state index in [1.165, 1.54) is 0 Å². The average Bonchev–Trinajstić information content (AvgIpc) is 2.86. The van der Waals surface area contributed by atoms with Crippen LogP contribution in [0.25, 0.3) is 0 Å². The van der Waals surface area contributed by atoms with Gasteiger partial charge in [-0.1, -0.05) is 54.6 Å². The Labute approximate surface area is 187 Å². The fourth-order valence-electron chi connectivity index (χ4n) is 2.38. The third-order valence-electron chi connectivity index (χ3n) is 3.77. The Balaban J connectivity index is 2.01. The quantitative estimate of drug-likeness (QED) is 0.154. The second kappa shape index (κ2) is 10.8. The molecule has 158 valence electrons. The monoisotopic (exact) mass is 468 g/mol. The molecule has 0 aromatic heterocycles. The first kappa shape index (κ1) is 22.5. The minimum atomic E-state index is -4.11. The molecular weight excluding hydrogens is 453 g/mol. The van der Waals surface area contributed by atoms with E-state index in [4.69, 9.17) is 25.7 Å². The van der Waals surface area contributed by atoms with Gasteiger partial charge in [0.25, 0.3) is 17.1 Å². The molecule has 0 N–H and O–H groups in total. The maximum atomic E-state index is 11.6. The van der Waals surface area contributed by atoms with Crippen LogP contribution in [0.3, 0.4) is 0 Å². The van der Waals surface area contributed by atoms with Crippen molar-refractivity contribution in [2.45, 2.75) is 0 Å². The van der Waals surface area contributed by atoms with Gasteiger partial charge in [0.1, 0.15) is 14.2 Å². The van der Waals surface area contributed by atoms with Crippen molar-refractivity contribution in [2.75, 3.05) is 0 Å². The van der Waals surface area contributed by atoms with Crippen LogP contribution >= 0.6 is 6.72 Å². The molecule has 11 heteroatoms. The normalized spacial score (nSPS) is 11.5. The zero-order chi connectivity index (χ0) is 22.8. The van der Waals surface area contributed by atoms with Crippen molar-refractivity contribution < 1.29 is 42.5 Å². The second-order valence-electron chi connectivity index (χ2n) is 5.86. The minimum absolute atomic E-state index is 0.256. The minimum Gasteiger partial charge on any atom is -0.155 e. The van der Waals surface area contributed by atoms with Crippen molar-refractivity contribution in [3.8, 4) is 0 Å². The van der Waals surface area contributed by atoms with Crippen LogP contribution in [0.2, 0.25) is 0 Å². The van der Waals surface area contributed by atoms with Crippen LogP contribution in [0.15, 0.2) is 91.0 Å². The molecule has 9 nitrogen and oxygen atoms in total. The fourth-order valence-corrected chi connectivity index (χ4v) is 4.06. The van der Waals surface area contributed by atoms with E-state index in [9.17, 15) is 14.4 Å². The van der Waals surface area contributed by atoms with Crippen LogP contribution in [-0.4, -0.2) is 32.5 Å². The Kier molecular flexibility index (Phi) is 7.57. The number of hydrogen-bond acceptors (Lipinski definition) is 7. The number of isocyanates is 3. The van der Waals surface area contributed by atoms with Crippen LogP contribution in [0.4, 0.5) is 17.1 Å².